The summed E-state index contributed by atoms with van der Waals surface area (Å²) < 4.78 is 10.9. The largest absolute Gasteiger partial charge is 0.446 e. The first kappa shape index (κ1) is 23.2. The van der Waals surface area contributed by atoms with Crippen molar-refractivity contribution in [3.63, 3.8) is 0 Å². The van der Waals surface area contributed by atoms with Gasteiger partial charge in [-0.1, -0.05) is 53.5 Å². The Hall–Kier alpha value is -2.94. The van der Waals surface area contributed by atoms with Crippen LogP contribution < -0.4 is 0 Å². The third-order valence-corrected chi connectivity index (χ3v) is 6.29. The molecule has 0 aliphatic carbocycles. The number of fused-ring (bicyclic) bond motifs is 1. The van der Waals surface area contributed by atoms with Crippen LogP contribution in [0.1, 0.15) is 39.3 Å². The molecule has 0 saturated carbocycles. The summed E-state index contributed by atoms with van der Waals surface area (Å²) in [6.07, 6.45) is -1.22. The van der Waals surface area contributed by atoms with Gasteiger partial charge in [-0.15, -0.1) is 0 Å². The molecule has 2 atom stereocenters. The molecule has 2 aliphatic heterocycles. The Kier molecular flexibility index (Phi) is 6.69. The zero-order chi connectivity index (χ0) is 23.7. The van der Waals surface area contributed by atoms with Crippen molar-refractivity contribution < 1.29 is 28.7 Å². The van der Waals surface area contributed by atoms with Gasteiger partial charge in [-0.25, -0.2) is 4.79 Å². The summed E-state index contributed by atoms with van der Waals surface area (Å²) in [5.74, 6) is -2.66. The first-order chi connectivity index (χ1) is 15.8. The Morgan fingerprint density at radius 1 is 0.970 bits per heavy atom. The van der Waals surface area contributed by atoms with Gasteiger partial charge in [0.1, 0.15) is 6.04 Å². The van der Waals surface area contributed by atoms with Gasteiger partial charge in [-0.3, -0.25) is 19.3 Å². The molecular weight excluding hydrogens is 471 g/mol. The van der Waals surface area contributed by atoms with E-state index in [0.717, 1.165) is 4.90 Å². The van der Waals surface area contributed by atoms with Crippen molar-refractivity contribution in [3.8, 4) is 0 Å². The van der Waals surface area contributed by atoms with Crippen molar-refractivity contribution in [2.75, 3.05) is 26.3 Å². The average Bonchev–Trinajstić information content (AvgIpc) is 3.06. The van der Waals surface area contributed by atoms with Gasteiger partial charge in [0.2, 0.25) is 6.10 Å². The Morgan fingerprint density at radius 2 is 1.52 bits per heavy atom. The number of benzene rings is 2. The number of carbonyl (C=O) groups is 4. The van der Waals surface area contributed by atoms with E-state index in [2.05, 4.69) is 0 Å². The summed E-state index contributed by atoms with van der Waals surface area (Å²) in [7, 11) is 0. The minimum Gasteiger partial charge on any atom is -0.446 e. The number of carbonyl (C=O) groups excluding carboxylic acids is 4. The van der Waals surface area contributed by atoms with Crippen LogP contribution in [-0.2, 0) is 19.1 Å². The number of rotatable bonds is 5. The van der Waals surface area contributed by atoms with Crippen LogP contribution in [0.15, 0.2) is 42.5 Å². The van der Waals surface area contributed by atoms with Gasteiger partial charge in [0.05, 0.1) is 34.4 Å². The van der Waals surface area contributed by atoms with Crippen LogP contribution in [0, 0.1) is 0 Å². The highest BCUT2D eigenvalue weighted by Gasteiger charge is 2.43. The molecule has 1 saturated heterocycles. The summed E-state index contributed by atoms with van der Waals surface area (Å²) in [5.41, 5.74) is 0.589. The molecule has 2 heterocycles. The number of amides is 3. The standard InChI is InChI=1S/C23H20Cl2N2O6/c1-13(27-20(28)15-11-17(24)18(25)12-16(15)21(27)29)23(31)33-19(14-5-3-2-4-6-14)22(30)26-7-9-32-10-8-26/h2-6,11-13,19H,7-10H2,1H3/t13-,19+/m1/s1. The molecule has 0 bridgehead atoms. The molecule has 0 radical (unpaired) electrons. The number of ether oxygens (including phenoxy) is 2. The SMILES string of the molecule is C[C@H](C(=O)O[C@H](C(=O)N1CCOCC1)c1ccccc1)N1C(=O)c2cc(Cl)c(Cl)cc2C1=O. The summed E-state index contributed by atoms with van der Waals surface area (Å²) in [5, 5.41) is 0.239. The number of imide groups is 1. The molecule has 0 spiro atoms. The number of hydrogen-bond acceptors (Lipinski definition) is 6. The van der Waals surface area contributed by atoms with Crippen molar-refractivity contribution in [1.82, 2.24) is 9.80 Å². The molecule has 33 heavy (non-hydrogen) atoms. The molecule has 10 heteroatoms. The highest BCUT2D eigenvalue weighted by molar-refractivity contribution is 6.43. The zero-order valence-electron chi connectivity index (χ0n) is 17.6. The second-order valence-corrected chi connectivity index (χ2v) is 8.45. The van der Waals surface area contributed by atoms with E-state index in [0.29, 0.717) is 31.9 Å². The van der Waals surface area contributed by atoms with Gasteiger partial charge in [0.25, 0.3) is 17.7 Å². The van der Waals surface area contributed by atoms with E-state index in [1.54, 1.807) is 35.2 Å². The third-order valence-electron chi connectivity index (χ3n) is 5.57. The maximum absolute atomic E-state index is 13.2. The van der Waals surface area contributed by atoms with Gasteiger partial charge < -0.3 is 14.4 Å². The fourth-order valence-electron chi connectivity index (χ4n) is 3.76. The highest BCUT2D eigenvalue weighted by atomic mass is 35.5. The summed E-state index contributed by atoms with van der Waals surface area (Å²) in [4.78, 5) is 54.3. The lowest BCUT2D eigenvalue weighted by Gasteiger charge is -2.31. The van der Waals surface area contributed by atoms with Crippen molar-refractivity contribution in [1.29, 1.82) is 0 Å². The Labute approximate surface area is 199 Å². The average molecular weight is 491 g/mol. The summed E-state index contributed by atoms with van der Waals surface area (Å²) >= 11 is 12.0. The number of morpholine rings is 1. The maximum atomic E-state index is 13.2. The molecule has 1 fully saturated rings. The van der Waals surface area contributed by atoms with Crippen molar-refractivity contribution >= 4 is 46.9 Å². The molecule has 0 aromatic heterocycles. The van der Waals surface area contributed by atoms with E-state index in [1.165, 1.54) is 19.1 Å². The topological polar surface area (TPSA) is 93.2 Å². The number of nitrogens with zero attached hydrogens (tertiary/aromatic N) is 2. The van der Waals surface area contributed by atoms with Crippen LogP contribution in [0.25, 0.3) is 0 Å². The summed E-state index contributed by atoms with van der Waals surface area (Å²) in [6.45, 7) is 2.88. The predicted octanol–water partition coefficient (Wildman–Crippen LogP) is 3.12. The van der Waals surface area contributed by atoms with E-state index in [4.69, 9.17) is 32.7 Å². The van der Waals surface area contributed by atoms with Gasteiger partial charge in [0.15, 0.2) is 0 Å². The van der Waals surface area contributed by atoms with E-state index in [1.807, 2.05) is 0 Å². The quantitative estimate of drug-likeness (QED) is 0.472. The Balaban J connectivity index is 1.57. The van der Waals surface area contributed by atoms with Crippen LogP contribution in [0.3, 0.4) is 0 Å². The predicted molar refractivity (Wildman–Crippen MR) is 119 cm³/mol. The molecule has 4 rings (SSSR count). The normalized spacial score (nSPS) is 17.5. The van der Waals surface area contributed by atoms with Gasteiger partial charge in [0, 0.05) is 18.7 Å². The van der Waals surface area contributed by atoms with Crippen molar-refractivity contribution in [3.05, 3.63) is 69.2 Å². The molecule has 2 aliphatic rings. The van der Waals surface area contributed by atoms with Crippen molar-refractivity contribution in [2.45, 2.75) is 19.1 Å². The molecule has 172 valence electrons. The van der Waals surface area contributed by atoms with E-state index in [9.17, 15) is 19.2 Å². The summed E-state index contributed by atoms with van der Waals surface area (Å²) in [6, 6.07) is 9.89. The molecule has 0 unspecified atom stereocenters. The lowest BCUT2D eigenvalue weighted by Crippen LogP contribution is -2.47. The van der Waals surface area contributed by atoms with Crippen LogP contribution in [0.4, 0.5) is 0 Å². The molecular formula is C23H20Cl2N2O6. The number of halogens is 2. The zero-order valence-corrected chi connectivity index (χ0v) is 19.1. The first-order valence-electron chi connectivity index (χ1n) is 10.3. The highest BCUT2D eigenvalue weighted by Crippen LogP contribution is 2.33. The maximum Gasteiger partial charge on any atom is 0.330 e. The lowest BCUT2D eigenvalue weighted by atomic mass is 10.1. The fourth-order valence-corrected chi connectivity index (χ4v) is 4.09. The van der Waals surface area contributed by atoms with Crippen LogP contribution in [0.2, 0.25) is 10.0 Å². The fraction of sp³-hybridized carbons (Fsp3) is 0.304. The van der Waals surface area contributed by atoms with Gasteiger partial charge in [-0.2, -0.15) is 0 Å². The molecule has 2 aromatic rings. The van der Waals surface area contributed by atoms with Crippen LogP contribution >= 0.6 is 23.2 Å². The molecule has 3 amide bonds. The Bertz CT molecular complexity index is 1080. The molecule has 0 N–H and O–H groups in total. The minimum atomic E-state index is -1.28. The smallest absolute Gasteiger partial charge is 0.330 e. The second kappa shape index (κ2) is 9.51. The third kappa shape index (κ3) is 4.46. The van der Waals surface area contributed by atoms with E-state index in [-0.39, 0.29) is 21.2 Å². The van der Waals surface area contributed by atoms with Crippen molar-refractivity contribution in [2.24, 2.45) is 0 Å². The van der Waals surface area contributed by atoms with Crippen LogP contribution in [0.5, 0.6) is 0 Å². The van der Waals surface area contributed by atoms with E-state index < -0.39 is 35.8 Å². The minimum absolute atomic E-state index is 0.0538. The van der Waals surface area contributed by atoms with Gasteiger partial charge in [-0.05, 0) is 19.1 Å². The lowest BCUT2D eigenvalue weighted by molar-refractivity contribution is -0.165. The monoisotopic (exact) mass is 490 g/mol. The number of esters is 1. The second-order valence-electron chi connectivity index (χ2n) is 7.63. The molecule has 2 aromatic carbocycles. The molecule has 8 nitrogen and oxygen atoms in total. The van der Waals surface area contributed by atoms with Crippen LogP contribution in [-0.4, -0.2) is 65.8 Å². The Morgan fingerprint density at radius 3 is 2.06 bits per heavy atom. The number of hydrogen-bond donors (Lipinski definition) is 0. The van der Waals surface area contributed by atoms with Gasteiger partial charge >= 0.3 is 5.97 Å². The van der Waals surface area contributed by atoms with E-state index >= 15 is 0 Å². The first-order valence-corrected chi connectivity index (χ1v) is 11.0.